The lowest BCUT2D eigenvalue weighted by Crippen LogP contribution is -2.36. The molecule has 0 spiro atoms. The van der Waals surface area contributed by atoms with E-state index in [-0.39, 0.29) is 11.8 Å². The molecule has 1 fully saturated rings. The van der Waals surface area contributed by atoms with E-state index in [1.165, 1.54) is 4.70 Å². The lowest BCUT2D eigenvalue weighted by molar-refractivity contribution is -0.128. The van der Waals surface area contributed by atoms with Crippen molar-refractivity contribution in [2.24, 2.45) is 0 Å². The Morgan fingerprint density at radius 2 is 1.96 bits per heavy atom. The maximum absolute atomic E-state index is 12.1. The number of carbonyl (C=O) groups excluding carboxylic acids is 2. The summed E-state index contributed by atoms with van der Waals surface area (Å²) in [5.41, 5.74) is 3.04. The Morgan fingerprint density at radius 1 is 1.15 bits per heavy atom. The minimum absolute atomic E-state index is 0.0191. The van der Waals surface area contributed by atoms with Gasteiger partial charge >= 0.3 is 0 Å². The fraction of sp³-hybridized carbons (Fsp3) is 0.286. The molecule has 1 aromatic heterocycles. The number of nitrogens with one attached hydrogen (secondary N) is 1. The molecule has 0 atom stereocenters. The summed E-state index contributed by atoms with van der Waals surface area (Å²) < 4.78 is 1.17. The van der Waals surface area contributed by atoms with Gasteiger partial charge in [0.25, 0.3) is 0 Å². The minimum atomic E-state index is -0.0191. The van der Waals surface area contributed by atoms with Crippen molar-refractivity contribution in [2.75, 3.05) is 19.6 Å². The SMILES string of the molecule is O=C(Cc1ccc(-c2nc3ccccc3s2)cc1)NCCN1CCCC1=O. The summed E-state index contributed by atoms with van der Waals surface area (Å²) in [5.74, 6) is 0.170. The number of nitrogens with zero attached hydrogens (tertiary/aromatic N) is 2. The molecule has 2 aromatic carbocycles. The largest absolute Gasteiger partial charge is 0.354 e. The van der Waals surface area contributed by atoms with Gasteiger partial charge in [-0.25, -0.2) is 4.98 Å². The van der Waals surface area contributed by atoms with E-state index < -0.39 is 0 Å². The van der Waals surface area contributed by atoms with Crippen molar-refractivity contribution in [1.82, 2.24) is 15.2 Å². The van der Waals surface area contributed by atoms with Crippen molar-refractivity contribution in [2.45, 2.75) is 19.3 Å². The summed E-state index contributed by atoms with van der Waals surface area (Å²) in [6.45, 7) is 1.91. The number of hydrogen-bond donors (Lipinski definition) is 1. The highest BCUT2D eigenvalue weighted by Crippen LogP contribution is 2.30. The van der Waals surface area contributed by atoms with Gasteiger partial charge in [-0.3, -0.25) is 9.59 Å². The quantitative estimate of drug-likeness (QED) is 0.715. The van der Waals surface area contributed by atoms with Crippen molar-refractivity contribution in [1.29, 1.82) is 0 Å². The molecule has 0 saturated carbocycles. The van der Waals surface area contributed by atoms with Crippen LogP contribution < -0.4 is 5.32 Å². The van der Waals surface area contributed by atoms with Crippen LogP contribution in [-0.4, -0.2) is 41.3 Å². The zero-order valence-corrected chi connectivity index (χ0v) is 15.8. The standard InChI is InChI=1S/C21H21N3O2S/c25-19(22-11-13-24-12-3-6-20(24)26)14-15-7-9-16(10-8-15)21-23-17-4-1-2-5-18(17)27-21/h1-2,4-5,7-10H,3,6,11-14H2,(H,22,25). The summed E-state index contributed by atoms with van der Waals surface area (Å²) in [7, 11) is 0. The number of hydrogen-bond acceptors (Lipinski definition) is 4. The van der Waals surface area contributed by atoms with Crippen LogP contribution >= 0.6 is 11.3 Å². The van der Waals surface area contributed by atoms with Crippen molar-refractivity contribution < 1.29 is 9.59 Å². The van der Waals surface area contributed by atoms with E-state index >= 15 is 0 Å². The van der Waals surface area contributed by atoms with E-state index in [9.17, 15) is 9.59 Å². The molecule has 1 saturated heterocycles. The molecule has 1 aliphatic rings. The van der Waals surface area contributed by atoms with Crippen LogP contribution in [0.25, 0.3) is 20.8 Å². The Morgan fingerprint density at radius 3 is 2.70 bits per heavy atom. The second-order valence-electron chi connectivity index (χ2n) is 6.69. The Bertz CT molecular complexity index is 932. The highest BCUT2D eigenvalue weighted by molar-refractivity contribution is 7.21. The maximum atomic E-state index is 12.1. The Balaban J connectivity index is 1.32. The predicted octanol–water partition coefficient (Wildman–Crippen LogP) is 3.24. The Labute approximate surface area is 162 Å². The van der Waals surface area contributed by atoms with Gasteiger partial charge in [-0.1, -0.05) is 36.4 Å². The first kappa shape index (κ1) is 17.7. The number of carbonyl (C=O) groups is 2. The zero-order valence-electron chi connectivity index (χ0n) is 15.0. The molecule has 2 amide bonds. The van der Waals surface area contributed by atoms with Crippen molar-refractivity contribution in [3.8, 4) is 10.6 Å². The fourth-order valence-electron chi connectivity index (χ4n) is 3.28. The number of thiazole rings is 1. The zero-order chi connectivity index (χ0) is 18.6. The van der Waals surface area contributed by atoms with Crippen molar-refractivity contribution in [3.05, 3.63) is 54.1 Å². The van der Waals surface area contributed by atoms with Crippen LogP contribution in [0.15, 0.2) is 48.5 Å². The highest BCUT2D eigenvalue weighted by Gasteiger charge is 2.19. The number of amides is 2. The third kappa shape index (κ3) is 4.17. The van der Waals surface area contributed by atoms with Gasteiger partial charge in [-0.05, 0) is 24.1 Å². The average Bonchev–Trinajstić information content (AvgIpc) is 3.28. The van der Waals surface area contributed by atoms with Gasteiger partial charge in [0.2, 0.25) is 11.8 Å². The summed E-state index contributed by atoms with van der Waals surface area (Å²) in [4.78, 5) is 30.1. The van der Waals surface area contributed by atoms with Gasteiger partial charge in [0.1, 0.15) is 5.01 Å². The molecule has 0 aliphatic carbocycles. The highest BCUT2D eigenvalue weighted by atomic mass is 32.1. The number of fused-ring (bicyclic) bond motifs is 1. The topological polar surface area (TPSA) is 62.3 Å². The van der Waals surface area contributed by atoms with Crippen LogP contribution in [0.3, 0.4) is 0 Å². The van der Waals surface area contributed by atoms with Crippen LogP contribution in [0.4, 0.5) is 0 Å². The predicted molar refractivity (Wildman–Crippen MR) is 108 cm³/mol. The minimum Gasteiger partial charge on any atom is -0.354 e. The van der Waals surface area contributed by atoms with Crippen LogP contribution in [0.2, 0.25) is 0 Å². The number of aromatic nitrogens is 1. The molecular formula is C21H21N3O2S. The van der Waals surface area contributed by atoms with Crippen molar-refractivity contribution >= 4 is 33.4 Å². The summed E-state index contributed by atoms with van der Waals surface area (Å²) >= 11 is 1.67. The third-order valence-electron chi connectivity index (χ3n) is 4.73. The van der Waals surface area contributed by atoms with Gasteiger partial charge < -0.3 is 10.2 Å². The van der Waals surface area contributed by atoms with E-state index in [4.69, 9.17) is 0 Å². The van der Waals surface area contributed by atoms with Crippen molar-refractivity contribution in [3.63, 3.8) is 0 Å². The average molecular weight is 379 g/mol. The molecule has 5 nitrogen and oxygen atoms in total. The van der Waals surface area contributed by atoms with Gasteiger partial charge in [-0.2, -0.15) is 0 Å². The second-order valence-corrected chi connectivity index (χ2v) is 7.73. The van der Waals surface area contributed by atoms with Gasteiger partial charge in [0, 0.05) is 31.6 Å². The number of para-hydroxylation sites is 1. The molecule has 27 heavy (non-hydrogen) atoms. The molecule has 0 radical (unpaired) electrons. The van der Waals surface area contributed by atoms with Gasteiger partial charge in [0.15, 0.2) is 0 Å². The number of likely N-dealkylation sites (tertiary alicyclic amines) is 1. The molecule has 6 heteroatoms. The lowest BCUT2D eigenvalue weighted by atomic mass is 10.1. The summed E-state index contributed by atoms with van der Waals surface area (Å²) in [6, 6.07) is 16.1. The molecule has 0 unspecified atom stereocenters. The number of benzene rings is 2. The van der Waals surface area contributed by atoms with Crippen LogP contribution in [0, 0.1) is 0 Å². The van der Waals surface area contributed by atoms with E-state index in [1.807, 2.05) is 47.4 Å². The fourth-order valence-corrected chi connectivity index (χ4v) is 4.25. The van der Waals surface area contributed by atoms with Gasteiger partial charge in [0.05, 0.1) is 16.6 Å². The third-order valence-corrected chi connectivity index (χ3v) is 5.82. The molecule has 3 aromatic rings. The second kappa shape index (κ2) is 7.88. The first-order chi connectivity index (χ1) is 13.2. The Kier molecular flexibility index (Phi) is 5.16. The molecular weight excluding hydrogens is 358 g/mol. The molecule has 138 valence electrons. The Hall–Kier alpha value is -2.73. The lowest BCUT2D eigenvalue weighted by Gasteiger charge is -2.15. The van der Waals surface area contributed by atoms with E-state index in [0.717, 1.165) is 34.6 Å². The monoisotopic (exact) mass is 379 g/mol. The first-order valence-electron chi connectivity index (χ1n) is 9.18. The summed E-state index contributed by atoms with van der Waals surface area (Å²) in [5, 5.41) is 3.89. The number of rotatable bonds is 6. The summed E-state index contributed by atoms with van der Waals surface area (Å²) in [6.07, 6.45) is 1.90. The molecule has 1 N–H and O–H groups in total. The molecule has 0 bridgehead atoms. The van der Waals surface area contributed by atoms with E-state index in [2.05, 4.69) is 16.4 Å². The molecule has 4 rings (SSSR count). The first-order valence-corrected chi connectivity index (χ1v) is 10.00. The smallest absolute Gasteiger partial charge is 0.224 e. The molecule has 1 aliphatic heterocycles. The normalized spacial score (nSPS) is 14.1. The van der Waals surface area contributed by atoms with Crippen LogP contribution in [0.1, 0.15) is 18.4 Å². The molecule has 2 heterocycles. The maximum Gasteiger partial charge on any atom is 0.224 e. The van der Waals surface area contributed by atoms with Crippen LogP contribution in [0.5, 0.6) is 0 Å². The van der Waals surface area contributed by atoms with E-state index in [1.54, 1.807) is 11.3 Å². The van der Waals surface area contributed by atoms with Crippen LogP contribution in [-0.2, 0) is 16.0 Å². The van der Waals surface area contributed by atoms with Gasteiger partial charge in [-0.15, -0.1) is 11.3 Å². The van der Waals surface area contributed by atoms with E-state index in [0.29, 0.717) is 25.9 Å².